The predicted molar refractivity (Wildman–Crippen MR) is 130 cm³/mol. The number of pyridine rings is 1. The highest BCUT2D eigenvalue weighted by Crippen LogP contribution is 2.45. The summed E-state index contributed by atoms with van der Waals surface area (Å²) < 4.78 is 5.56. The maximum Gasteiger partial charge on any atom is 0.227 e. The summed E-state index contributed by atoms with van der Waals surface area (Å²) in [6.45, 7) is 0.616. The summed E-state index contributed by atoms with van der Waals surface area (Å²) >= 11 is 0. The van der Waals surface area contributed by atoms with Crippen LogP contribution in [0.25, 0.3) is 33.7 Å². The molecule has 1 aromatic carbocycles. The molecule has 4 aromatic heterocycles. The highest BCUT2D eigenvalue weighted by Gasteiger charge is 2.31. The van der Waals surface area contributed by atoms with Crippen molar-refractivity contribution in [2.75, 3.05) is 12.4 Å². The summed E-state index contributed by atoms with van der Waals surface area (Å²) in [6, 6.07) is 16.2. The van der Waals surface area contributed by atoms with Crippen LogP contribution in [0.4, 0.5) is 5.82 Å². The van der Waals surface area contributed by atoms with Gasteiger partial charge in [-0.15, -0.1) is 0 Å². The Balaban J connectivity index is 1.32. The van der Waals surface area contributed by atoms with Crippen molar-refractivity contribution in [1.29, 1.82) is 0 Å². The molecule has 0 bridgehead atoms. The van der Waals surface area contributed by atoms with E-state index in [4.69, 9.17) is 14.7 Å². The molecule has 168 valence electrons. The lowest BCUT2D eigenvalue weighted by Gasteiger charge is -2.13. The fraction of sp³-hybridized carbons (Fsp3) is 0.192. The number of ether oxygens (including phenoxy) is 1. The summed E-state index contributed by atoms with van der Waals surface area (Å²) in [7, 11) is 1.62. The van der Waals surface area contributed by atoms with Crippen molar-refractivity contribution in [2.45, 2.75) is 25.3 Å². The van der Waals surface area contributed by atoms with E-state index < -0.39 is 0 Å². The number of hydrogen-bond acceptors (Lipinski definition) is 7. The van der Waals surface area contributed by atoms with E-state index in [9.17, 15) is 0 Å². The number of fused-ring (bicyclic) bond motifs is 1. The number of aromatic nitrogens is 6. The number of nitrogens with one attached hydrogen (secondary N) is 2. The van der Waals surface area contributed by atoms with Gasteiger partial charge in [-0.1, -0.05) is 30.3 Å². The summed E-state index contributed by atoms with van der Waals surface area (Å²) in [6.07, 6.45) is 7.45. The van der Waals surface area contributed by atoms with Crippen LogP contribution in [-0.2, 0) is 6.54 Å². The van der Waals surface area contributed by atoms with Crippen molar-refractivity contribution < 1.29 is 4.74 Å². The third-order valence-electron chi connectivity index (χ3n) is 6.00. The van der Waals surface area contributed by atoms with Crippen molar-refractivity contribution in [1.82, 2.24) is 29.9 Å². The van der Waals surface area contributed by atoms with Crippen molar-refractivity contribution in [3.05, 3.63) is 78.5 Å². The first-order valence-corrected chi connectivity index (χ1v) is 11.3. The molecule has 1 fully saturated rings. The Labute approximate surface area is 196 Å². The van der Waals surface area contributed by atoms with Crippen LogP contribution in [0.2, 0.25) is 0 Å². The van der Waals surface area contributed by atoms with Gasteiger partial charge < -0.3 is 15.0 Å². The van der Waals surface area contributed by atoms with Crippen LogP contribution in [0.3, 0.4) is 0 Å². The van der Waals surface area contributed by atoms with E-state index in [1.807, 2.05) is 30.5 Å². The van der Waals surface area contributed by atoms with E-state index >= 15 is 0 Å². The summed E-state index contributed by atoms with van der Waals surface area (Å²) in [5.74, 6) is 2.21. The van der Waals surface area contributed by atoms with Gasteiger partial charge in [0.1, 0.15) is 17.4 Å². The van der Waals surface area contributed by atoms with Gasteiger partial charge in [0.25, 0.3) is 0 Å². The van der Waals surface area contributed by atoms with Gasteiger partial charge >= 0.3 is 0 Å². The fourth-order valence-corrected chi connectivity index (χ4v) is 4.11. The third kappa shape index (κ3) is 3.83. The van der Waals surface area contributed by atoms with Gasteiger partial charge in [-0.05, 0) is 36.6 Å². The maximum absolute atomic E-state index is 5.56. The lowest BCUT2D eigenvalue weighted by molar-refractivity contribution is 0.397. The zero-order chi connectivity index (χ0) is 22.9. The molecule has 4 heterocycles. The third-order valence-corrected chi connectivity index (χ3v) is 6.00. The van der Waals surface area contributed by atoms with E-state index in [1.165, 1.54) is 0 Å². The van der Waals surface area contributed by atoms with Crippen molar-refractivity contribution in [3.8, 4) is 28.5 Å². The number of hydrogen-bond donors (Lipinski definition) is 2. The van der Waals surface area contributed by atoms with Gasteiger partial charge in [0.2, 0.25) is 5.88 Å². The molecule has 0 spiro atoms. The molecule has 0 atom stereocenters. The van der Waals surface area contributed by atoms with Gasteiger partial charge in [0, 0.05) is 30.4 Å². The molecule has 8 heteroatoms. The zero-order valence-corrected chi connectivity index (χ0v) is 18.7. The van der Waals surface area contributed by atoms with E-state index in [0.717, 1.165) is 57.8 Å². The number of H-pyrrole nitrogens is 1. The average Bonchev–Trinajstić information content (AvgIpc) is 3.64. The Morgan fingerprint density at radius 1 is 1.00 bits per heavy atom. The van der Waals surface area contributed by atoms with Gasteiger partial charge in [0.05, 0.1) is 24.0 Å². The first-order chi connectivity index (χ1) is 16.8. The predicted octanol–water partition coefficient (Wildman–Crippen LogP) is 4.98. The number of benzene rings is 1. The van der Waals surface area contributed by atoms with E-state index in [-0.39, 0.29) is 0 Å². The van der Waals surface area contributed by atoms with E-state index in [1.54, 1.807) is 19.6 Å². The van der Waals surface area contributed by atoms with Gasteiger partial charge in [-0.25, -0.2) is 19.9 Å². The molecule has 0 aliphatic heterocycles. The first kappa shape index (κ1) is 20.3. The van der Waals surface area contributed by atoms with Gasteiger partial charge in [-0.2, -0.15) is 0 Å². The van der Waals surface area contributed by atoms with Crippen LogP contribution in [-0.4, -0.2) is 37.0 Å². The Morgan fingerprint density at radius 3 is 2.65 bits per heavy atom. The molecule has 1 aliphatic rings. The molecule has 34 heavy (non-hydrogen) atoms. The lowest BCUT2D eigenvalue weighted by atomic mass is 10.1. The number of rotatable bonds is 7. The molecule has 5 aromatic rings. The van der Waals surface area contributed by atoms with Crippen LogP contribution in [0.1, 0.15) is 30.0 Å². The Hall–Kier alpha value is -4.33. The van der Waals surface area contributed by atoms with Crippen molar-refractivity contribution in [2.24, 2.45) is 0 Å². The van der Waals surface area contributed by atoms with E-state index in [0.29, 0.717) is 24.2 Å². The number of aromatic amines is 1. The van der Waals surface area contributed by atoms with Crippen LogP contribution in [0, 0.1) is 0 Å². The molecular formula is C26H23N7O. The van der Waals surface area contributed by atoms with Crippen molar-refractivity contribution in [3.63, 3.8) is 0 Å². The van der Waals surface area contributed by atoms with Crippen LogP contribution in [0.5, 0.6) is 5.88 Å². The highest BCUT2D eigenvalue weighted by molar-refractivity contribution is 5.88. The number of nitrogens with zero attached hydrogens (tertiary/aromatic N) is 5. The maximum atomic E-state index is 5.56. The molecule has 0 unspecified atom stereocenters. The van der Waals surface area contributed by atoms with Gasteiger partial charge in [-0.3, -0.25) is 4.98 Å². The number of methoxy groups -OCH3 is 1. The number of anilines is 1. The zero-order valence-electron chi connectivity index (χ0n) is 18.7. The minimum atomic E-state index is 0.409. The standard InChI is InChI=1S/C26H23N7O/c1-34-26-21(22(18-9-10-18)30-15-31-26)24-32-20-11-13-28-23(20)25(33-24)29-14-16-5-7-17(8-6-16)19-4-2-3-12-27-19/h2-8,11-13,15,18,28H,9-10,14H2,1H3,(H,29,32,33). The first-order valence-electron chi connectivity index (χ1n) is 11.3. The van der Waals surface area contributed by atoms with Crippen molar-refractivity contribution >= 4 is 16.9 Å². The fourth-order valence-electron chi connectivity index (χ4n) is 4.11. The van der Waals surface area contributed by atoms with Crippen LogP contribution >= 0.6 is 0 Å². The normalized spacial score (nSPS) is 13.2. The minimum Gasteiger partial charge on any atom is -0.480 e. The molecule has 0 amide bonds. The van der Waals surface area contributed by atoms with E-state index in [2.05, 4.69) is 49.5 Å². The van der Waals surface area contributed by atoms with Gasteiger partial charge in [0.15, 0.2) is 11.6 Å². The summed E-state index contributed by atoms with van der Waals surface area (Å²) in [5.41, 5.74) is 6.60. The van der Waals surface area contributed by atoms with Crippen LogP contribution in [0.15, 0.2) is 67.3 Å². The second-order valence-electron chi connectivity index (χ2n) is 8.32. The largest absolute Gasteiger partial charge is 0.480 e. The second kappa shape index (κ2) is 8.55. The summed E-state index contributed by atoms with van der Waals surface area (Å²) in [5, 5.41) is 3.48. The molecule has 1 aliphatic carbocycles. The Bertz CT molecular complexity index is 1440. The smallest absolute Gasteiger partial charge is 0.227 e. The molecule has 1 saturated carbocycles. The van der Waals surface area contributed by atoms with Crippen LogP contribution < -0.4 is 10.1 Å². The quantitative estimate of drug-likeness (QED) is 0.361. The Kier molecular flexibility index (Phi) is 5.10. The molecule has 0 saturated heterocycles. The summed E-state index contributed by atoms with van der Waals surface area (Å²) in [4.78, 5) is 26.2. The molecule has 6 rings (SSSR count). The SMILES string of the molecule is COc1ncnc(C2CC2)c1-c1nc(NCc2ccc(-c3ccccn3)cc2)c2[nH]ccc2n1. The Morgan fingerprint density at radius 2 is 1.88 bits per heavy atom. The monoisotopic (exact) mass is 449 g/mol. The molecule has 0 radical (unpaired) electrons. The molecular weight excluding hydrogens is 426 g/mol. The second-order valence-corrected chi connectivity index (χ2v) is 8.32. The molecule has 2 N–H and O–H groups in total. The lowest BCUT2D eigenvalue weighted by Crippen LogP contribution is -2.06. The highest BCUT2D eigenvalue weighted by atomic mass is 16.5. The topological polar surface area (TPSA) is 102 Å². The minimum absolute atomic E-state index is 0.409. The average molecular weight is 450 g/mol. The molecule has 8 nitrogen and oxygen atoms in total.